The number of aryl methyl sites for hydroxylation is 1. The lowest BCUT2D eigenvalue weighted by atomic mass is 9.96. The minimum absolute atomic E-state index is 0.330. The number of aromatic nitrogens is 1. The minimum atomic E-state index is -0.859. The summed E-state index contributed by atoms with van der Waals surface area (Å²) in [4.78, 5) is 16.0. The van der Waals surface area contributed by atoms with Crippen LogP contribution in [0.25, 0.3) is 22.2 Å². The van der Waals surface area contributed by atoms with E-state index in [0.29, 0.717) is 6.42 Å². The first-order valence-corrected chi connectivity index (χ1v) is 8.27. The molecule has 5 heteroatoms. The van der Waals surface area contributed by atoms with Crippen molar-refractivity contribution in [3.05, 3.63) is 53.6 Å². The lowest BCUT2D eigenvalue weighted by molar-refractivity contribution is -0.136. The largest absolute Gasteiger partial charge is 0.480 e. The molecule has 0 saturated heterocycles. The molecule has 0 amide bonds. The second-order valence-electron chi connectivity index (χ2n) is 5.52. The first-order valence-electron chi connectivity index (χ1n) is 7.39. The van der Waals surface area contributed by atoms with Crippen molar-refractivity contribution in [1.82, 2.24) is 4.98 Å². The van der Waals surface area contributed by atoms with Crippen molar-refractivity contribution in [1.29, 1.82) is 0 Å². The van der Waals surface area contributed by atoms with Crippen molar-refractivity contribution < 1.29 is 14.3 Å². The number of rotatable bonds is 3. The van der Waals surface area contributed by atoms with Gasteiger partial charge in [-0.2, -0.15) is 0 Å². The summed E-state index contributed by atoms with van der Waals surface area (Å²) in [6, 6.07) is 13.4. The Kier molecular flexibility index (Phi) is 3.38. The van der Waals surface area contributed by atoms with Gasteiger partial charge in [-0.25, -0.2) is 0 Å². The number of benzene rings is 2. The van der Waals surface area contributed by atoms with Gasteiger partial charge in [-0.15, -0.1) is 11.8 Å². The lowest BCUT2D eigenvalue weighted by Crippen LogP contribution is -2.13. The monoisotopic (exact) mass is 327 g/mol. The highest BCUT2D eigenvalue weighted by Gasteiger charge is 2.34. The van der Waals surface area contributed by atoms with Crippen LogP contribution in [0.3, 0.4) is 0 Å². The van der Waals surface area contributed by atoms with E-state index < -0.39 is 17.9 Å². The molecule has 3 aromatic rings. The molecule has 1 atom stereocenters. The van der Waals surface area contributed by atoms with Gasteiger partial charge in [0, 0.05) is 33.3 Å². The number of aliphatic carboxylic acids is 1. The van der Waals surface area contributed by atoms with E-state index in [1.54, 1.807) is 0 Å². The number of H-pyrrole nitrogens is 1. The van der Waals surface area contributed by atoms with E-state index in [1.807, 2.05) is 42.5 Å². The summed E-state index contributed by atoms with van der Waals surface area (Å²) < 4.78 is 12.9. The van der Waals surface area contributed by atoms with Gasteiger partial charge in [-0.1, -0.05) is 30.3 Å². The zero-order valence-corrected chi connectivity index (χ0v) is 13.0. The third-order valence-corrected chi connectivity index (χ3v) is 5.47. The summed E-state index contributed by atoms with van der Waals surface area (Å²) in [6.45, 7) is -0.432. The van der Waals surface area contributed by atoms with Crippen LogP contribution in [0.2, 0.25) is 0 Å². The molecule has 1 unspecified atom stereocenters. The van der Waals surface area contributed by atoms with Crippen LogP contribution in [-0.4, -0.2) is 22.7 Å². The Balaban J connectivity index is 2.06. The molecule has 116 valence electrons. The summed E-state index contributed by atoms with van der Waals surface area (Å²) in [5.41, 5.74) is 4.37. The molecule has 0 saturated carbocycles. The molecule has 2 aromatic carbocycles. The Bertz CT molecular complexity index is 919. The fourth-order valence-electron chi connectivity index (χ4n) is 3.26. The Labute approximate surface area is 136 Å². The third-order valence-electron chi connectivity index (χ3n) is 4.20. The highest BCUT2D eigenvalue weighted by Crippen LogP contribution is 2.52. The van der Waals surface area contributed by atoms with Crippen LogP contribution in [0.5, 0.6) is 0 Å². The zero-order valence-electron chi connectivity index (χ0n) is 12.2. The van der Waals surface area contributed by atoms with Crippen LogP contribution in [0, 0.1) is 0 Å². The molecule has 1 aliphatic heterocycles. The molecule has 3 nitrogen and oxygen atoms in total. The van der Waals surface area contributed by atoms with Crippen LogP contribution >= 0.6 is 11.8 Å². The van der Waals surface area contributed by atoms with Gasteiger partial charge in [-0.05, 0) is 17.7 Å². The molecule has 1 aromatic heterocycles. The molecule has 0 spiro atoms. The van der Waals surface area contributed by atoms with Gasteiger partial charge in [0.2, 0.25) is 0 Å². The van der Waals surface area contributed by atoms with Crippen molar-refractivity contribution in [3.8, 4) is 11.3 Å². The van der Waals surface area contributed by atoms with Crippen LogP contribution in [0.4, 0.5) is 4.39 Å². The topological polar surface area (TPSA) is 53.1 Å². The third kappa shape index (κ3) is 2.15. The number of hydrogen-bond acceptors (Lipinski definition) is 2. The smallest absolute Gasteiger partial charge is 0.321 e. The molecule has 4 rings (SSSR count). The predicted molar refractivity (Wildman–Crippen MR) is 89.6 cm³/mol. The zero-order chi connectivity index (χ0) is 16.0. The van der Waals surface area contributed by atoms with Crippen molar-refractivity contribution in [2.24, 2.45) is 0 Å². The number of nitrogens with one attached hydrogen (secondary N) is 1. The van der Waals surface area contributed by atoms with Crippen molar-refractivity contribution >= 4 is 28.6 Å². The predicted octanol–water partition coefficient (Wildman–Crippen LogP) is 4.58. The van der Waals surface area contributed by atoms with E-state index in [-0.39, 0.29) is 0 Å². The molecular formula is C18H14FNO2S. The number of halogens is 1. The first-order chi connectivity index (χ1) is 11.2. The Morgan fingerprint density at radius 2 is 2.04 bits per heavy atom. The highest BCUT2D eigenvalue weighted by molar-refractivity contribution is 8.00. The lowest BCUT2D eigenvalue weighted by Gasteiger charge is -2.24. The van der Waals surface area contributed by atoms with Crippen molar-refractivity contribution in [3.63, 3.8) is 0 Å². The quantitative estimate of drug-likeness (QED) is 0.740. The van der Waals surface area contributed by atoms with E-state index in [0.717, 1.165) is 38.2 Å². The van der Waals surface area contributed by atoms with Gasteiger partial charge in [0.25, 0.3) is 0 Å². The SMILES string of the molecule is O=C(O)C1Sc2cccc(CCF)c2-c2[nH]c3ccccc3c21. The molecule has 2 N–H and O–H groups in total. The highest BCUT2D eigenvalue weighted by atomic mass is 32.2. The summed E-state index contributed by atoms with van der Waals surface area (Å²) in [6.07, 6.45) is 0.330. The summed E-state index contributed by atoms with van der Waals surface area (Å²) in [5.74, 6) is -0.859. The molecule has 0 aliphatic carbocycles. The van der Waals surface area contributed by atoms with E-state index in [1.165, 1.54) is 11.8 Å². The number of carboxylic acid groups (broad SMARTS) is 1. The van der Waals surface area contributed by atoms with Gasteiger partial charge in [0.05, 0.1) is 12.4 Å². The molecule has 2 heterocycles. The number of alkyl halides is 1. The van der Waals surface area contributed by atoms with E-state index >= 15 is 0 Å². The van der Waals surface area contributed by atoms with E-state index in [2.05, 4.69) is 4.98 Å². The Morgan fingerprint density at radius 3 is 2.83 bits per heavy atom. The van der Waals surface area contributed by atoms with Gasteiger partial charge < -0.3 is 10.1 Å². The number of aromatic amines is 1. The fraction of sp³-hybridized carbons (Fsp3) is 0.167. The second kappa shape index (κ2) is 5.42. The number of thioether (sulfide) groups is 1. The second-order valence-corrected chi connectivity index (χ2v) is 6.67. The van der Waals surface area contributed by atoms with Crippen LogP contribution in [-0.2, 0) is 11.2 Å². The van der Waals surface area contributed by atoms with E-state index in [4.69, 9.17) is 0 Å². The van der Waals surface area contributed by atoms with Crippen molar-refractivity contribution in [2.45, 2.75) is 16.6 Å². The molecular weight excluding hydrogens is 313 g/mol. The normalized spacial score (nSPS) is 16.1. The summed E-state index contributed by atoms with van der Waals surface area (Å²) in [7, 11) is 0. The van der Waals surface area contributed by atoms with Gasteiger partial charge >= 0.3 is 5.97 Å². The van der Waals surface area contributed by atoms with Crippen molar-refractivity contribution in [2.75, 3.05) is 6.67 Å². The molecule has 0 fully saturated rings. The fourth-order valence-corrected chi connectivity index (χ4v) is 4.49. The van der Waals surface area contributed by atoms with Crippen LogP contribution < -0.4 is 0 Å². The maximum atomic E-state index is 12.9. The van der Waals surface area contributed by atoms with Crippen LogP contribution in [0.1, 0.15) is 16.4 Å². The standard InChI is InChI=1S/C18H14FNO2S/c19-9-8-10-4-3-7-13-14(10)16-15(17(23-13)18(21)22)11-5-1-2-6-12(11)20-16/h1-7,17,20H,8-9H2,(H,21,22). The number of hydrogen-bond donors (Lipinski definition) is 2. The van der Waals surface area contributed by atoms with Crippen LogP contribution in [0.15, 0.2) is 47.4 Å². The Morgan fingerprint density at radius 1 is 1.22 bits per heavy atom. The maximum Gasteiger partial charge on any atom is 0.321 e. The number of para-hydroxylation sites is 1. The van der Waals surface area contributed by atoms with Gasteiger partial charge in [0.1, 0.15) is 5.25 Å². The van der Waals surface area contributed by atoms with E-state index in [9.17, 15) is 14.3 Å². The molecule has 23 heavy (non-hydrogen) atoms. The number of carboxylic acids is 1. The average Bonchev–Trinajstić information content (AvgIpc) is 2.93. The summed E-state index contributed by atoms with van der Waals surface area (Å²) in [5, 5.41) is 9.93. The first kappa shape index (κ1) is 14.3. The number of carbonyl (C=O) groups is 1. The number of fused-ring (bicyclic) bond motifs is 5. The molecule has 0 bridgehead atoms. The molecule has 1 aliphatic rings. The molecule has 0 radical (unpaired) electrons. The maximum absolute atomic E-state index is 12.9. The minimum Gasteiger partial charge on any atom is -0.480 e. The van der Waals surface area contributed by atoms with Gasteiger partial charge in [-0.3, -0.25) is 9.18 Å². The average molecular weight is 327 g/mol. The Hall–Kier alpha value is -2.27. The summed E-state index contributed by atoms with van der Waals surface area (Å²) >= 11 is 1.33. The van der Waals surface area contributed by atoms with Gasteiger partial charge in [0.15, 0.2) is 0 Å².